The van der Waals surface area contributed by atoms with E-state index in [0.29, 0.717) is 4.47 Å². The van der Waals surface area contributed by atoms with Gasteiger partial charge in [-0.05, 0) is 30.7 Å². The van der Waals surface area contributed by atoms with Crippen molar-refractivity contribution in [1.82, 2.24) is 0 Å². The molecule has 2 rings (SSSR count). The van der Waals surface area contributed by atoms with Crippen LogP contribution >= 0.6 is 15.9 Å². The highest BCUT2D eigenvalue weighted by atomic mass is 79.9. The molecule has 0 amide bonds. The van der Waals surface area contributed by atoms with E-state index in [1.54, 1.807) is 0 Å². The molecule has 0 atom stereocenters. The van der Waals surface area contributed by atoms with Crippen LogP contribution in [0.2, 0.25) is 0 Å². The summed E-state index contributed by atoms with van der Waals surface area (Å²) in [6.07, 6.45) is 0.839. The van der Waals surface area contributed by atoms with Gasteiger partial charge in [-0.2, -0.15) is 21.6 Å². The highest BCUT2D eigenvalue weighted by Crippen LogP contribution is 2.37. The number of rotatable bonds is 2. The van der Waals surface area contributed by atoms with Gasteiger partial charge in [-0.3, -0.25) is 4.31 Å². The monoisotopic (exact) mass is 399 g/mol. The molecular formula is C12H9BrF3NO4S. The largest absolute Gasteiger partial charge is 0.516 e. The average Bonchev–Trinajstić information content (AvgIpc) is 2.56. The summed E-state index contributed by atoms with van der Waals surface area (Å²) in [4.78, 5) is 11.1. The fourth-order valence-corrected chi connectivity index (χ4v) is 3.40. The maximum Gasteiger partial charge on any atom is 0.516 e. The molecule has 5 nitrogen and oxygen atoms in total. The first-order valence-electron chi connectivity index (χ1n) is 5.86. The summed E-state index contributed by atoms with van der Waals surface area (Å²) >= 11 is 3.12. The van der Waals surface area contributed by atoms with Crippen molar-refractivity contribution in [3.63, 3.8) is 0 Å². The summed E-state index contributed by atoms with van der Waals surface area (Å²) in [5, 5.41) is 9.04. The summed E-state index contributed by atoms with van der Waals surface area (Å²) < 4.78 is 62.5. The van der Waals surface area contributed by atoms with Gasteiger partial charge in [-0.25, -0.2) is 4.79 Å². The molecule has 1 heterocycles. The molecule has 1 aromatic carbocycles. The van der Waals surface area contributed by atoms with Crippen molar-refractivity contribution in [2.24, 2.45) is 0 Å². The van der Waals surface area contributed by atoms with Gasteiger partial charge >= 0.3 is 21.5 Å². The van der Waals surface area contributed by atoms with Crippen molar-refractivity contribution in [3.8, 4) is 0 Å². The first-order chi connectivity index (χ1) is 10.0. The van der Waals surface area contributed by atoms with Crippen LogP contribution in [0.15, 0.2) is 28.2 Å². The van der Waals surface area contributed by atoms with Crippen molar-refractivity contribution in [3.05, 3.63) is 33.8 Å². The zero-order valence-electron chi connectivity index (χ0n) is 10.8. The molecule has 1 aromatic rings. The van der Waals surface area contributed by atoms with Gasteiger partial charge in [0.2, 0.25) is 0 Å². The molecule has 0 saturated carbocycles. The van der Waals surface area contributed by atoms with Crippen LogP contribution in [0.3, 0.4) is 0 Å². The number of aliphatic carboxylic acids is 1. The summed E-state index contributed by atoms with van der Waals surface area (Å²) in [6.45, 7) is -0.603. The molecule has 0 unspecified atom stereocenters. The number of hydrogen-bond donors (Lipinski definition) is 1. The Kier molecular flexibility index (Phi) is 4.26. The third kappa shape index (κ3) is 2.98. The van der Waals surface area contributed by atoms with Gasteiger partial charge in [0, 0.05) is 22.2 Å². The fraction of sp³-hybridized carbons (Fsp3) is 0.250. The predicted molar refractivity (Wildman–Crippen MR) is 76.7 cm³/mol. The molecule has 0 spiro atoms. The summed E-state index contributed by atoms with van der Waals surface area (Å²) in [5.74, 6) is -1.31. The van der Waals surface area contributed by atoms with E-state index in [4.69, 9.17) is 5.11 Å². The first-order valence-corrected chi connectivity index (χ1v) is 8.10. The Morgan fingerprint density at radius 3 is 2.50 bits per heavy atom. The molecule has 0 aliphatic carbocycles. The van der Waals surface area contributed by atoms with Crippen LogP contribution in [0, 0.1) is 0 Å². The van der Waals surface area contributed by atoms with Crippen LogP contribution in [0.25, 0.3) is 6.08 Å². The van der Waals surface area contributed by atoms with Crippen LogP contribution in [-0.4, -0.2) is 31.5 Å². The smallest absolute Gasteiger partial charge is 0.478 e. The van der Waals surface area contributed by atoms with Crippen LogP contribution < -0.4 is 4.31 Å². The van der Waals surface area contributed by atoms with E-state index in [1.165, 1.54) is 24.3 Å². The molecule has 0 saturated heterocycles. The first kappa shape index (κ1) is 16.8. The molecule has 22 heavy (non-hydrogen) atoms. The number of fused-ring (bicyclic) bond motifs is 1. The molecule has 120 valence electrons. The second kappa shape index (κ2) is 5.58. The van der Waals surface area contributed by atoms with E-state index < -0.39 is 28.0 Å². The van der Waals surface area contributed by atoms with E-state index in [0.717, 1.165) is 0 Å². The lowest BCUT2D eigenvalue weighted by Crippen LogP contribution is -2.41. The minimum absolute atomic E-state index is 0.0806. The highest BCUT2D eigenvalue weighted by molar-refractivity contribution is 9.10. The van der Waals surface area contributed by atoms with Crippen molar-refractivity contribution in [2.45, 2.75) is 11.9 Å². The average molecular weight is 400 g/mol. The lowest BCUT2D eigenvalue weighted by molar-refractivity contribution is -0.132. The Balaban J connectivity index is 2.64. The molecule has 10 heteroatoms. The van der Waals surface area contributed by atoms with E-state index >= 15 is 0 Å². The molecule has 1 aliphatic rings. The summed E-state index contributed by atoms with van der Waals surface area (Å²) in [7, 11) is -5.61. The van der Waals surface area contributed by atoms with Gasteiger partial charge < -0.3 is 5.11 Å². The molecule has 0 aromatic heterocycles. The van der Waals surface area contributed by atoms with E-state index in [-0.39, 0.29) is 27.5 Å². The summed E-state index contributed by atoms with van der Waals surface area (Å²) in [6, 6.07) is 3.95. The number of nitrogens with zero attached hydrogens (tertiary/aromatic N) is 1. The Hall–Kier alpha value is -1.55. The van der Waals surface area contributed by atoms with Gasteiger partial charge in [0.05, 0.1) is 5.69 Å². The minimum atomic E-state index is -5.61. The molecule has 0 radical (unpaired) electrons. The van der Waals surface area contributed by atoms with Gasteiger partial charge in [0.25, 0.3) is 0 Å². The standard InChI is InChI=1S/C12H9BrF3NO4S/c13-9-1-2-10-8(6-9)5-7(11(18)19)3-4-17(10)22(20,21)12(14,15)16/h1-2,5-6H,3-4H2,(H,18,19). The number of alkyl halides is 3. The van der Waals surface area contributed by atoms with E-state index in [2.05, 4.69) is 15.9 Å². The van der Waals surface area contributed by atoms with Gasteiger partial charge in [0.1, 0.15) is 0 Å². The normalized spacial score (nSPS) is 15.8. The third-order valence-electron chi connectivity index (χ3n) is 3.03. The van der Waals surface area contributed by atoms with Crippen molar-refractivity contribution in [2.75, 3.05) is 10.8 Å². The predicted octanol–water partition coefficient (Wildman–Crippen LogP) is 2.98. The van der Waals surface area contributed by atoms with Crippen molar-refractivity contribution in [1.29, 1.82) is 0 Å². The molecule has 0 fully saturated rings. The zero-order valence-corrected chi connectivity index (χ0v) is 13.2. The number of carbonyl (C=O) groups is 1. The lowest BCUT2D eigenvalue weighted by atomic mass is 10.1. The number of carboxylic acid groups (broad SMARTS) is 1. The number of sulfonamides is 1. The lowest BCUT2D eigenvalue weighted by Gasteiger charge is -2.25. The van der Waals surface area contributed by atoms with Crippen molar-refractivity contribution >= 4 is 43.7 Å². The van der Waals surface area contributed by atoms with Gasteiger partial charge in [-0.15, -0.1) is 0 Å². The van der Waals surface area contributed by atoms with Gasteiger partial charge in [0.15, 0.2) is 0 Å². The maximum absolute atomic E-state index is 12.8. The maximum atomic E-state index is 12.8. The number of halogens is 4. The second-order valence-electron chi connectivity index (χ2n) is 4.45. The molecule has 1 aliphatic heterocycles. The highest BCUT2D eigenvalue weighted by Gasteiger charge is 2.50. The Morgan fingerprint density at radius 2 is 1.95 bits per heavy atom. The minimum Gasteiger partial charge on any atom is -0.478 e. The topological polar surface area (TPSA) is 74.7 Å². The third-order valence-corrected chi connectivity index (χ3v) is 5.07. The Labute approximate surface area is 132 Å². The Morgan fingerprint density at radius 1 is 1.32 bits per heavy atom. The summed E-state index contributed by atoms with van der Waals surface area (Å²) in [5.41, 5.74) is -5.77. The van der Waals surface area contributed by atoms with Crippen molar-refractivity contribution < 1.29 is 31.5 Å². The SMILES string of the molecule is O=C(O)C1=Cc2cc(Br)ccc2N(S(=O)(=O)C(F)(F)F)CC1. The van der Waals surface area contributed by atoms with E-state index in [9.17, 15) is 26.4 Å². The number of anilines is 1. The number of carboxylic acids is 1. The molecule has 1 N–H and O–H groups in total. The van der Waals surface area contributed by atoms with Crippen LogP contribution in [-0.2, 0) is 14.8 Å². The molecule has 0 bridgehead atoms. The quantitative estimate of drug-likeness (QED) is 0.829. The van der Waals surface area contributed by atoms with E-state index in [1.807, 2.05) is 0 Å². The van der Waals surface area contributed by atoms with Crippen LogP contribution in [0.5, 0.6) is 0 Å². The zero-order chi connectivity index (χ0) is 16.7. The number of benzene rings is 1. The van der Waals surface area contributed by atoms with Crippen LogP contribution in [0.1, 0.15) is 12.0 Å². The van der Waals surface area contributed by atoms with Gasteiger partial charge in [-0.1, -0.05) is 15.9 Å². The second-order valence-corrected chi connectivity index (χ2v) is 7.22. The Bertz CT molecular complexity index is 758. The fourth-order valence-electron chi connectivity index (χ4n) is 2.01. The van der Waals surface area contributed by atoms with Crippen LogP contribution in [0.4, 0.5) is 18.9 Å². The molecular weight excluding hydrogens is 391 g/mol. The number of hydrogen-bond acceptors (Lipinski definition) is 3.